The molecule has 0 rings (SSSR count). The van der Waals surface area contributed by atoms with Crippen LogP contribution >= 0.6 is 0 Å². The molecule has 19 heavy (non-hydrogen) atoms. The van der Waals surface area contributed by atoms with Crippen molar-refractivity contribution in [2.45, 2.75) is 52.4 Å². The smallest absolute Gasteiger partial charge is 0.748 e. The molecule has 0 spiro atoms. The Balaban J connectivity index is -0.000000256. The zero-order chi connectivity index (χ0) is 14.7. The molecule has 0 N–H and O–H groups in total. The maximum atomic E-state index is 9.95. The number of unbranched alkanes of at least 4 members (excludes halogenated alkanes) is 4. The topological polar surface area (TPSA) is 114 Å². The van der Waals surface area contributed by atoms with Gasteiger partial charge in [-0.15, -0.1) is 0 Å². The first-order valence-electron chi connectivity index (χ1n) is 5.99. The van der Waals surface area contributed by atoms with Gasteiger partial charge in [-0.05, 0) is 12.8 Å². The van der Waals surface area contributed by atoms with Crippen molar-refractivity contribution in [3.8, 4) is 0 Å². The fourth-order valence-corrected chi connectivity index (χ4v) is 2.17. The Bertz CT molecular complexity index is 339. The van der Waals surface area contributed by atoms with E-state index in [4.69, 9.17) is 0 Å². The second kappa shape index (κ2) is 13.4. The Morgan fingerprint density at radius 2 is 0.947 bits per heavy atom. The molecule has 0 aliphatic rings. The molecule has 6 nitrogen and oxygen atoms in total. The molecule has 0 saturated heterocycles. The van der Waals surface area contributed by atoms with E-state index in [0.29, 0.717) is 12.8 Å². The van der Waals surface area contributed by atoms with E-state index in [1.54, 1.807) is 0 Å². The summed E-state index contributed by atoms with van der Waals surface area (Å²) in [4.78, 5) is 0. The molecule has 0 bridgehead atoms. The van der Waals surface area contributed by atoms with Gasteiger partial charge in [0.2, 0.25) is 0 Å². The molecule has 0 aliphatic carbocycles. The normalized spacial score (nSPS) is 11.2. The molecule has 0 aromatic carbocycles. The summed E-state index contributed by atoms with van der Waals surface area (Å²) in [5.41, 5.74) is 0. The molecule has 0 aromatic rings. The molecule has 112 valence electrons. The van der Waals surface area contributed by atoms with E-state index in [9.17, 15) is 25.9 Å². The van der Waals surface area contributed by atoms with Gasteiger partial charge in [0.1, 0.15) is 0 Å². The fourth-order valence-electron chi connectivity index (χ4n) is 1.06. The van der Waals surface area contributed by atoms with Crippen LogP contribution in [0, 0.1) is 0 Å². The van der Waals surface area contributed by atoms with E-state index in [1.165, 1.54) is 0 Å². The van der Waals surface area contributed by atoms with Gasteiger partial charge in [-0.1, -0.05) is 39.5 Å². The van der Waals surface area contributed by atoms with Gasteiger partial charge in [-0.3, -0.25) is 0 Å². The molecule has 0 saturated carbocycles. The number of hydrogen-bond acceptors (Lipinski definition) is 6. The Hall–Kier alpha value is 0.443. The van der Waals surface area contributed by atoms with Crippen molar-refractivity contribution in [2.24, 2.45) is 0 Å². The van der Waals surface area contributed by atoms with Gasteiger partial charge < -0.3 is 9.11 Å². The predicted molar refractivity (Wildman–Crippen MR) is 68.2 cm³/mol. The van der Waals surface area contributed by atoms with E-state index >= 15 is 0 Å². The molecule has 0 fully saturated rings. The Labute approximate surface area is 129 Å². The maximum Gasteiger partial charge on any atom is 2.00 e. The van der Waals surface area contributed by atoms with E-state index in [-0.39, 0.29) is 31.0 Å². The van der Waals surface area contributed by atoms with Gasteiger partial charge in [0.05, 0.1) is 20.2 Å². The average molecular weight is 368 g/mol. The average Bonchev–Trinajstić information content (AvgIpc) is 2.16. The molecule has 0 aliphatic heterocycles. The Morgan fingerprint density at radius 3 is 1.11 bits per heavy atom. The Morgan fingerprint density at radius 1 is 0.684 bits per heavy atom. The van der Waals surface area contributed by atoms with Crippen LogP contribution in [0.25, 0.3) is 0 Å². The third-order valence-corrected chi connectivity index (χ3v) is 3.57. The fraction of sp³-hybridized carbons (Fsp3) is 1.00. The van der Waals surface area contributed by atoms with Gasteiger partial charge in [-0.2, -0.15) is 0 Å². The van der Waals surface area contributed by atoms with Crippen molar-refractivity contribution in [3.63, 3.8) is 0 Å². The van der Waals surface area contributed by atoms with Crippen LogP contribution in [0.15, 0.2) is 0 Å². The molecule has 9 heteroatoms. The molecule has 0 unspecified atom stereocenters. The van der Waals surface area contributed by atoms with Crippen LogP contribution in [0.1, 0.15) is 52.4 Å². The second-order valence-corrected chi connectivity index (χ2v) is 6.99. The molecule has 0 amide bonds. The zero-order valence-corrected chi connectivity index (χ0v) is 16.2. The minimum absolute atomic E-state index is 0. The van der Waals surface area contributed by atoms with E-state index < -0.39 is 20.2 Å². The summed E-state index contributed by atoms with van der Waals surface area (Å²) >= 11 is 0. The molecule has 0 radical (unpaired) electrons. The molecule has 0 aromatic heterocycles. The van der Waals surface area contributed by atoms with E-state index in [0.717, 1.165) is 25.7 Å². The second-order valence-electron chi connectivity index (χ2n) is 3.94. The van der Waals surface area contributed by atoms with Crippen molar-refractivity contribution in [1.29, 1.82) is 0 Å². The minimum atomic E-state index is -3.95. The maximum absolute atomic E-state index is 9.95. The third kappa shape index (κ3) is 32.2. The van der Waals surface area contributed by atoms with Crippen molar-refractivity contribution in [1.82, 2.24) is 0 Å². The van der Waals surface area contributed by atoms with Crippen molar-refractivity contribution >= 4 is 20.2 Å². The standard InChI is InChI=1S/2C5H12O3S.Zn/c2*1-2-3-4-5-9(6,7)8;/h2*2-5H2,1H3,(H,6,7,8);/q;;+2/p-2. The van der Waals surface area contributed by atoms with Crippen LogP contribution in [0.3, 0.4) is 0 Å². The van der Waals surface area contributed by atoms with Crippen LogP contribution in [0.4, 0.5) is 0 Å². The molecule has 0 heterocycles. The number of hydrogen-bond donors (Lipinski definition) is 0. The summed E-state index contributed by atoms with van der Waals surface area (Å²) in [5.74, 6) is -0.415. The van der Waals surface area contributed by atoms with Crippen LogP contribution in [0.2, 0.25) is 0 Å². The van der Waals surface area contributed by atoms with Gasteiger partial charge in [0.25, 0.3) is 0 Å². The van der Waals surface area contributed by atoms with Crippen LogP contribution in [-0.4, -0.2) is 37.4 Å². The predicted octanol–water partition coefficient (Wildman–Crippen LogP) is 1.44. The van der Waals surface area contributed by atoms with Gasteiger partial charge >= 0.3 is 19.5 Å². The van der Waals surface area contributed by atoms with Gasteiger partial charge in [0.15, 0.2) is 0 Å². The molecular weight excluding hydrogens is 346 g/mol. The molecule has 0 atom stereocenters. The first kappa shape index (κ1) is 24.5. The number of rotatable bonds is 8. The van der Waals surface area contributed by atoms with Crippen molar-refractivity contribution in [3.05, 3.63) is 0 Å². The van der Waals surface area contributed by atoms with Gasteiger partial charge in [-0.25, -0.2) is 16.8 Å². The molecular formula is C10H22O6S2Zn. The third-order valence-electron chi connectivity index (χ3n) is 2.00. The van der Waals surface area contributed by atoms with Crippen LogP contribution < -0.4 is 0 Å². The SMILES string of the molecule is CCCCCS(=O)(=O)[O-].CCCCCS(=O)(=O)[O-].[Zn+2]. The zero-order valence-electron chi connectivity index (χ0n) is 11.6. The van der Waals surface area contributed by atoms with Crippen molar-refractivity contribution in [2.75, 3.05) is 11.5 Å². The monoisotopic (exact) mass is 366 g/mol. The largest absolute Gasteiger partial charge is 2.00 e. The van der Waals surface area contributed by atoms with Crippen LogP contribution in [0.5, 0.6) is 0 Å². The van der Waals surface area contributed by atoms with Gasteiger partial charge in [0, 0.05) is 11.5 Å². The first-order chi connectivity index (χ1) is 8.12. The summed E-state index contributed by atoms with van der Waals surface area (Å²) in [5, 5.41) is 0. The Kier molecular flexibility index (Phi) is 17.3. The first-order valence-corrected chi connectivity index (χ1v) is 9.15. The van der Waals surface area contributed by atoms with E-state index in [1.807, 2.05) is 13.8 Å². The summed E-state index contributed by atoms with van der Waals surface area (Å²) in [6, 6.07) is 0. The summed E-state index contributed by atoms with van der Waals surface area (Å²) in [6.45, 7) is 3.91. The summed E-state index contributed by atoms with van der Waals surface area (Å²) in [6.07, 6.45) is 4.53. The van der Waals surface area contributed by atoms with Crippen molar-refractivity contribution < 1.29 is 45.4 Å². The quantitative estimate of drug-likeness (QED) is 0.364. The van der Waals surface area contributed by atoms with E-state index in [2.05, 4.69) is 0 Å². The van der Waals surface area contributed by atoms with Crippen LogP contribution in [-0.2, 0) is 39.7 Å². The minimum Gasteiger partial charge on any atom is -0.748 e. The summed E-state index contributed by atoms with van der Waals surface area (Å²) in [7, 11) is -7.89. The summed E-state index contributed by atoms with van der Waals surface area (Å²) < 4.78 is 59.7.